The highest BCUT2D eigenvalue weighted by atomic mass is 16.5. The Morgan fingerprint density at radius 2 is 1.56 bits per heavy atom. The lowest BCUT2D eigenvalue weighted by atomic mass is 9.85. The second kappa shape index (κ2) is 7.43. The van der Waals surface area contributed by atoms with E-state index < -0.39 is 18.1 Å². The van der Waals surface area contributed by atoms with Gasteiger partial charge in [-0.3, -0.25) is 4.79 Å². The number of fused-ring (bicyclic) bond motifs is 3. The van der Waals surface area contributed by atoms with Gasteiger partial charge in [0.2, 0.25) is 0 Å². The number of amides is 1. The molecule has 0 aromatic heterocycles. The minimum Gasteiger partial charge on any atom is -0.481 e. The Morgan fingerprint density at radius 3 is 2.04 bits per heavy atom. The number of rotatable bonds is 5. The maximum Gasteiger partial charge on any atom is 0.407 e. The standard InChI is InChI=1S/C22H25NO4/c1-22(2,3)19(12-20(24)25)23-21(26)27-13-18-16-10-6-4-8-14(16)15-9-5-7-11-17(15)18/h4-11,18-19H,12-13H2,1-3H3,(H,23,26)(H,24,25)/t19-/m1/s1. The fraction of sp³-hybridized carbons (Fsp3) is 0.364. The van der Waals surface area contributed by atoms with Gasteiger partial charge in [0, 0.05) is 12.0 Å². The minimum atomic E-state index is -0.950. The number of carboxylic acid groups (broad SMARTS) is 1. The van der Waals surface area contributed by atoms with Crippen LogP contribution in [-0.2, 0) is 9.53 Å². The van der Waals surface area contributed by atoms with E-state index in [0.717, 1.165) is 11.1 Å². The zero-order chi connectivity index (χ0) is 19.6. The predicted octanol–water partition coefficient (Wildman–Crippen LogP) is 4.41. The second-order valence-electron chi connectivity index (χ2n) is 7.99. The Balaban J connectivity index is 1.71. The van der Waals surface area contributed by atoms with Gasteiger partial charge in [0.15, 0.2) is 0 Å². The molecule has 2 aromatic rings. The van der Waals surface area contributed by atoms with Crippen LogP contribution in [0.5, 0.6) is 0 Å². The van der Waals surface area contributed by atoms with Gasteiger partial charge in [-0.05, 0) is 27.7 Å². The molecule has 0 bridgehead atoms. The molecule has 5 heteroatoms. The average Bonchev–Trinajstić information content (AvgIpc) is 2.92. The van der Waals surface area contributed by atoms with E-state index in [4.69, 9.17) is 9.84 Å². The number of alkyl carbamates (subject to hydrolysis) is 1. The van der Waals surface area contributed by atoms with Crippen molar-refractivity contribution in [1.29, 1.82) is 0 Å². The number of hydrogen-bond donors (Lipinski definition) is 2. The Morgan fingerprint density at radius 1 is 1.04 bits per heavy atom. The number of aliphatic carboxylic acids is 1. The lowest BCUT2D eigenvalue weighted by Crippen LogP contribution is -2.45. The summed E-state index contributed by atoms with van der Waals surface area (Å²) in [5, 5.41) is 11.8. The molecule has 27 heavy (non-hydrogen) atoms. The molecule has 0 radical (unpaired) electrons. The lowest BCUT2D eigenvalue weighted by molar-refractivity contribution is -0.138. The first-order chi connectivity index (χ1) is 12.8. The fourth-order valence-electron chi connectivity index (χ4n) is 3.53. The van der Waals surface area contributed by atoms with Crippen molar-refractivity contribution in [3.8, 4) is 11.1 Å². The number of carboxylic acids is 1. The molecule has 1 amide bonds. The second-order valence-corrected chi connectivity index (χ2v) is 7.99. The van der Waals surface area contributed by atoms with Gasteiger partial charge in [-0.15, -0.1) is 0 Å². The van der Waals surface area contributed by atoms with E-state index in [1.807, 2.05) is 45.0 Å². The van der Waals surface area contributed by atoms with Crippen molar-refractivity contribution < 1.29 is 19.4 Å². The highest BCUT2D eigenvalue weighted by molar-refractivity contribution is 5.79. The minimum absolute atomic E-state index is 0.0179. The summed E-state index contributed by atoms with van der Waals surface area (Å²) < 4.78 is 5.50. The lowest BCUT2D eigenvalue weighted by Gasteiger charge is -2.30. The predicted molar refractivity (Wildman–Crippen MR) is 104 cm³/mol. The van der Waals surface area contributed by atoms with Crippen molar-refractivity contribution in [3.63, 3.8) is 0 Å². The summed E-state index contributed by atoms with van der Waals surface area (Å²) in [7, 11) is 0. The summed E-state index contributed by atoms with van der Waals surface area (Å²) in [6.07, 6.45) is -0.730. The van der Waals surface area contributed by atoms with Crippen molar-refractivity contribution in [3.05, 3.63) is 59.7 Å². The first-order valence-electron chi connectivity index (χ1n) is 9.10. The largest absolute Gasteiger partial charge is 0.481 e. The summed E-state index contributed by atoms with van der Waals surface area (Å²) in [5.74, 6) is -0.968. The SMILES string of the molecule is CC(C)(C)[C@@H](CC(=O)O)NC(=O)OCC1c2ccccc2-c2ccccc21. The van der Waals surface area contributed by atoms with Crippen LogP contribution in [0.25, 0.3) is 11.1 Å². The summed E-state index contributed by atoms with van der Waals surface area (Å²) in [6, 6.07) is 15.8. The van der Waals surface area contributed by atoms with E-state index in [9.17, 15) is 9.59 Å². The Hall–Kier alpha value is -2.82. The molecule has 0 saturated heterocycles. The van der Waals surface area contributed by atoms with Crippen LogP contribution in [0.3, 0.4) is 0 Å². The molecule has 1 aliphatic rings. The average molecular weight is 367 g/mol. The number of carbonyl (C=O) groups is 2. The number of hydrogen-bond acceptors (Lipinski definition) is 3. The molecule has 1 aliphatic carbocycles. The Bertz CT molecular complexity index is 808. The summed E-state index contributed by atoms with van der Waals surface area (Å²) in [6.45, 7) is 5.89. The normalized spacial score (nSPS) is 14.2. The van der Waals surface area contributed by atoms with Gasteiger partial charge in [-0.25, -0.2) is 4.79 Å². The number of nitrogens with one attached hydrogen (secondary N) is 1. The van der Waals surface area contributed by atoms with Crippen molar-refractivity contribution >= 4 is 12.1 Å². The molecule has 5 nitrogen and oxygen atoms in total. The van der Waals surface area contributed by atoms with Crippen molar-refractivity contribution in [1.82, 2.24) is 5.32 Å². The van der Waals surface area contributed by atoms with E-state index in [1.165, 1.54) is 11.1 Å². The molecule has 0 heterocycles. The van der Waals surface area contributed by atoms with Crippen LogP contribution in [0.2, 0.25) is 0 Å². The van der Waals surface area contributed by atoms with Gasteiger partial charge in [0.05, 0.1) is 6.42 Å². The number of carbonyl (C=O) groups excluding carboxylic acids is 1. The fourth-order valence-corrected chi connectivity index (χ4v) is 3.53. The smallest absolute Gasteiger partial charge is 0.407 e. The first kappa shape index (κ1) is 19.0. The summed E-state index contributed by atoms with van der Waals surface area (Å²) in [5.41, 5.74) is 4.24. The third kappa shape index (κ3) is 4.13. The van der Waals surface area contributed by atoms with Gasteiger partial charge in [0.25, 0.3) is 0 Å². The molecule has 2 N–H and O–H groups in total. The molecule has 2 aromatic carbocycles. The van der Waals surface area contributed by atoms with Crippen LogP contribution in [0.15, 0.2) is 48.5 Å². The van der Waals surface area contributed by atoms with Crippen LogP contribution in [0.1, 0.15) is 44.2 Å². The van der Waals surface area contributed by atoms with E-state index >= 15 is 0 Å². The number of benzene rings is 2. The first-order valence-corrected chi connectivity index (χ1v) is 9.10. The van der Waals surface area contributed by atoms with Crippen molar-refractivity contribution in [2.24, 2.45) is 5.41 Å². The van der Waals surface area contributed by atoms with E-state index in [2.05, 4.69) is 29.6 Å². The monoisotopic (exact) mass is 367 g/mol. The zero-order valence-corrected chi connectivity index (χ0v) is 15.9. The van der Waals surface area contributed by atoms with Crippen LogP contribution in [0.4, 0.5) is 4.79 Å². The molecular weight excluding hydrogens is 342 g/mol. The molecule has 0 unspecified atom stereocenters. The maximum atomic E-state index is 12.3. The van der Waals surface area contributed by atoms with Crippen molar-refractivity contribution in [2.75, 3.05) is 6.61 Å². The highest BCUT2D eigenvalue weighted by Gasteiger charge is 2.31. The van der Waals surface area contributed by atoms with Gasteiger partial charge >= 0.3 is 12.1 Å². The van der Waals surface area contributed by atoms with E-state index in [1.54, 1.807) is 0 Å². The van der Waals surface area contributed by atoms with Crippen molar-refractivity contribution in [2.45, 2.75) is 39.2 Å². The Labute approximate surface area is 159 Å². The molecule has 0 fully saturated rings. The van der Waals surface area contributed by atoms with Crippen LogP contribution in [0, 0.1) is 5.41 Å². The highest BCUT2D eigenvalue weighted by Crippen LogP contribution is 2.44. The number of ether oxygens (including phenoxy) is 1. The molecule has 0 spiro atoms. The van der Waals surface area contributed by atoms with Crippen LogP contribution < -0.4 is 5.32 Å². The molecule has 1 atom stereocenters. The zero-order valence-electron chi connectivity index (χ0n) is 15.9. The molecular formula is C22H25NO4. The van der Waals surface area contributed by atoms with E-state index in [-0.39, 0.29) is 24.4 Å². The molecule has 3 rings (SSSR count). The molecule has 142 valence electrons. The van der Waals surface area contributed by atoms with Gasteiger partial charge < -0.3 is 15.2 Å². The molecule has 0 aliphatic heterocycles. The third-order valence-electron chi connectivity index (χ3n) is 5.06. The quantitative estimate of drug-likeness (QED) is 0.820. The van der Waals surface area contributed by atoms with Gasteiger partial charge in [-0.1, -0.05) is 69.3 Å². The Kier molecular flexibility index (Phi) is 5.22. The van der Waals surface area contributed by atoms with Gasteiger partial charge in [0.1, 0.15) is 6.61 Å². The topological polar surface area (TPSA) is 75.6 Å². The third-order valence-corrected chi connectivity index (χ3v) is 5.06. The maximum absolute atomic E-state index is 12.3. The summed E-state index contributed by atoms with van der Waals surface area (Å²) >= 11 is 0. The molecule has 0 saturated carbocycles. The summed E-state index contributed by atoms with van der Waals surface area (Å²) in [4.78, 5) is 23.4. The van der Waals surface area contributed by atoms with Crippen LogP contribution in [-0.4, -0.2) is 29.8 Å². The van der Waals surface area contributed by atoms with E-state index in [0.29, 0.717) is 0 Å². The van der Waals surface area contributed by atoms with Crippen LogP contribution >= 0.6 is 0 Å². The van der Waals surface area contributed by atoms with Gasteiger partial charge in [-0.2, -0.15) is 0 Å².